The maximum atomic E-state index is 11.0. The number of ether oxygens (including phenoxy) is 2. The van der Waals surface area contributed by atoms with Crippen LogP contribution >= 0.6 is 11.8 Å². The highest BCUT2D eigenvalue weighted by molar-refractivity contribution is 8.00. The van der Waals surface area contributed by atoms with E-state index in [-0.39, 0.29) is 17.8 Å². The number of esters is 1. The van der Waals surface area contributed by atoms with E-state index in [0.29, 0.717) is 11.4 Å². The lowest BCUT2D eigenvalue weighted by atomic mass is 10.3. The van der Waals surface area contributed by atoms with Crippen molar-refractivity contribution in [1.29, 1.82) is 0 Å². The smallest absolute Gasteiger partial charge is 0.315 e. The first-order valence-corrected chi connectivity index (χ1v) is 6.28. The number of anilines is 1. The van der Waals surface area contributed by atoms with Crippen molar-refractivity contribution in [2.24, 2.45) is 0 Å². The summed E-state index contributed by atoms with van der Waals surface area (Å²) in [5.41, 5.74) is 6.53. The van der Waals surface area contributed by atoms with Crippen LogP contribution in [0.5, 0.6) is 5.75 Å². The predicted molar refractivity (Wildman–Crippen MR) is 69.4 cm³/mol. The summed E-state index contributed by atoms with van der Waals surface area (Å²) in [6.07, 6.45) is 0.0677. The molecule has 0 spiro atoms. The van der Waals surface area contributed by atoms with E-state index in [0.717, 1.165) is 4.90 Å². The number of hydrogen-bond donors (Lipinski definition) is 1. The maximum absolute atomic E-state index is 11.0. The number of nitrogens with two attached hydrogens (primary N) is 1. The molecule has 17 heavy (non-hydrogen) atoms. The summed E-state index contributed by atoms with van der Waals surface area (Å²) >= 11 is 1.34. The zero-order valence-electron chi connectivity index (χ0n) is 10.2. The minimum Gasteiger partial charge on any atom is -0.489 e. The second-order valence-electron chi connectivity index (χ2n) is 3.70. The molecule has 0 heterocycles. The van der Waals surface area contributed by atoms with E-state index in [4.69, 9.17) is 10.5 Å². The molecule has 0 aliphatic carbocycles. The molecule has 0 unspecified atom stereocenters. The van der Waals surface area contributed by atoms with Gasteiger partial charge in [0.05, 0.1) is 24.7 Å². The van der Waals surface area contributed by atoms with Crippen molar-refractivity contribution in [3.63, 3.8) is 0 Å². The largest absolute Gasteiger partial charge is 0.489 e. The Morgan fingerprint density at radius 1 is 1.47 bits per heavy atom. The van der Waals surface area contributed by atoms with Gasteiger partial charge in [0.1, 0.15) is 5.75 Å². The number of thioether (sulfide) groups is 1. The van der Waals surface area contributed by atoms with Gasteiger partial charge in [-0.3, -0.25) is 4.79 Å². The average Bonchev–Trinajstić information content (AvgIpc) is 2.29. The van der Waals surface area contributed by atoms with Gasteiger partial charge in [-0.05, 0) is 26.0 Å². The van der Waals surface area contributed by atoms with E-state index < -0.39 is 0 Å². The van der Waals surface area contributed by atoms with Gasteiger partial charge in [-0.15, -0.1) is 11.8 Å². The summed E-state index contributed by atoms with van der Waals surface area (Å²) in [4.78, 5) is 11.9. The molecule has 0 saturated heterocycles. The van der Waals surface area contributed by atoms with Gasteiger partial charge in [-0.2, -0.15) is 0 Å². The van der Waals surface area contributed by atoms with Gasteiger partial charge >= 0.3 is 5.97 Å². The molecule has 94 valence electrons. The average molecular weight is 255 g/mol. The van der Waals surface area contributed by atoms with Crippen LogP contribution in [0.15, 0.2) is 23.1 Å². The summed E-state index contributed by atoms with van der Waals surface area (Å²) in [7, 11) is 1.37. The minimum atomic E-state index is -0.274. The normalized spacial score (nSPS) is 10.4. The number of carbonyl (C=O) groups is 1. The van der Waals surface area contributed by atoms with Crippen LogP contribution in [0.2, 0.25) is 0 Å². The quantitative estimate of drug-likeness (QED) is 0.497. The fourth-order valence-corrected chi connectivity index (χ4v) is 2.02. The highest BCUT2D eigenvalue weighted by Gasteiger charge is 2.10. The molecule has 0 aromatic heterocycles. The zero-order valence-corrected chi connectivity index (χ0v) is 11.0. The molecule has 1 aromatic rings. The van der Waals surface area contributed by atoms with Crippen LogP contribution in [-0.4, -0.2) is 24.9 Å². The lowest BCUT2D eigenvalue weighted by Crippen LogP contribution is -2.08. The van der Waals surface area contributed by atoms with Crippen LogP contribution in [0.1, 0.15) is 13.8 Å². The molecule has 0 bridgehead atoms. The molecule has 0 amide bonds. The van der Waals surface area contributed by atoms with Gasteiger partial charge in [0.2, 0.25) is 0 Å². The van der Waals surface area contributed by atoms with E-state index in [9.17, 15) is 4.79 Å². The first-order valence-electron chi connectivity index (χ1n) is 5.29. The van der Waals surface area contributed by atoms with Crippen LogP contribution in [0.3, 0.4) is 0 Å². The van der Waals surface area contributed by atoms with Gasteiger partial charge in [-0.1, -0.05) is 6.07 Å². The number of carbonyl (C=O) groups excluding carboxylic acids is 1. The highest BCUT2D eigenvalue weighted by Crippen LogP contribution is 2.33. The Hall–Kier alpha value is -1.36. The van der Waals surface area contributed by atoms with Crippen molar-refractivity contribution < 1.29 is 14.3 Å². The summed E-state index contributed by atoms with van der Waals surface area (Å²) in [6.45, 7) is 3.88. The summed E-state index contributed by atoms with van der Waals surface area (Å²) in [5, 5.41) is 0. The van der Waals surface area contributed by atoms with Gasteiger partial charge in [0.25, 0.3) is 0 Å². The van der Waals surface area contributed by atoms with E-state index in [1.807, 2.05) is 32.0 Å². The molecular weight excluding hydrogens is 238 g/mol. The third-order valence-corrected chi connectivity index (χ3v) is 3.01. The lowest BCUT2D eigenvalue weighted by molar-refractivity contribution is -0.137. The van der Waals surface area contributed by atoms with Gasteiger partial charge in [0, 0.05) is 4.90 Å². The van der Waals surface area contributed by atoms with Crippen molar-refractivity contribution in [2.75, 3.05) is 18.6 Å². The van der Waals surface area contributed by atoms with Crippen LogP contribution in [0, 0.1) is 0 Å². The molecule has 0 fully saturated rings. The maximum Gasteiger partial charge on any atom is 0.315 e. The topological polar surface area (TPSA) is 61.5 Å². The molecule has 0 saturated carbocycles. The molecule has 1 aromatic carbocycles. The summed E-state index contributed by atoms with van der Waals surface area (Å²) < 4.78 is 10.1. The van der Waals surface area contributed by atoms with Gasteiger partial charge in [-0.25, -0.2) is 0 Å². The van der Waals surface area contributed by atoms with Crippen LogP contribution < -0.4 is 10.5 Å². The predicted octanol–water partition coefficient (Wildman–Crippen LogP) is 2.32. The Kier molecular flexibility index (Phi) is 5.15. The zero-order chi connectivity index (χ0) is 12.8. The number of nitrogen functional groups attached to an aromatic ring is 1. The number of hydrogen-bond acceptors (Lipinski definition) is 5. The van der Waals surface area contributed by atoms with Crippen LogP contribution in [0.4, 0.5) is 5.69 Å². The number of methoxy groups -OCH3 is 1. The SMILES string of the molecule is COC(=O)CSc1cccc(OC(C)C)c1N. The second-order valence-corrected chi connectivity index (χ2v) is 4.72. The second kappa shape index (κ2) is 6.39. The molecule has 4 nitrogen and oxygen atoms in total. The molecule has 1 rings (SSSR count). The molecule has 0 atom stereocenters. The van der Waals surface area contributed by atoms with Crippen LogP contribution in [-0.2, 0) is 9.53 Å². The molecule has 0 aliphatic rings. The van der Waals surface area contributed by atoms with E-state index in [1.165, 1.54) is 18.9 Å². The highest BCUT2D eigenvalue weighted by atomic mass is 32.2. The number of rotatable bonds is 5. The third-order valence-electron chi connectivity index (χ3n) is 1.96. The van der Waals surface area contributed by atoms with Crippen molar-refractivity contribution >= 4 is 23.4 Å². The van der Waals surface area contributed by atoms with Crippen molar-refractivity contribution in [1.82, 2.24) is 0 Å². The molecule has 0 aliphatic heterocycles. The van der Waals surface area contributed by atoms with E-state index in [1.54, 1.807) is 0 Å². The lowest BCUT2D eigenvalue weighted by Gasteiger charge is -2.14. The molecule has 2 N–H and O–H groups in total. The van der Waals surface area contributed by atoms with Crippen molar-refractivity contribution in [3.8, 4) is 5.75 Å². The summed E-state index contributed by atoms with van der Waals surface area (Å²) in [6, 6.07) is 5.53. The monoisotopic (exact) mass is 255 g/mol. The standard InChI is InChI=1S/C12H17NO3S/c1-8(2)16-9-5-4-6-10(12(9)13)17-7-11(14)15-3/h4-6,8H,7,13H2,1-3H3. The molecule has 5 heteroatoms. The molecule has 0 radical (unpaired) electrons. The Bertz CT molecular complexity index is 393. The first kappa shape index (κ1) is 13.7. The Morgan fingerprint density at radius 2 is 2.18 bits per heavy atom. The third kappa shape index (κ3) is 4.19. The van der Waals surface area contributed by atoms with Crippen molar-refractivity contribution in [2.45, 2.75) is 24.8 Å². The number of para-hydroxylation sites is 1. The van der Waals surface area contributed by atoms with Crippen LogP contribution in [0.25, 0.3) is 0 Å². The summed E-state index contributed by atoms with van der Waals surface area (Å²) in [5.74, 6) is 0.616. The molecular formula is C12H17NO3S. The fraction of sp³-hybridized carbons (Fsp3) is 0.417. The number of benzene rings is 1. The van der Waals surface area contributed by atoms with Crippen molar-refractivity contribution in [3.05, 3.63) is 18.2 Å². The Balaban J connectivity index is 2.76. The first-order chi connectivity index (χ1) is 8.04. The fourth-order valence-electron chi connectivity index (χ4n) is 1.20. The Labute approximate surface area is 105 Å². The van der Waals surface area contributed by atoms with E-state index in [2.05, 4.69) is 4.74 Å². The van der Waals surface area contributed by atoms with E-state index >= 15 is 0 Å². The van der Waals surface area contributed by atoms with Gasteiger partial charge < -0.3 is 15.2 Å². The van der Waals surface area contributed by atoms with Gasteiger partial charge in [0.15, 0.2) is 0 Å². The minimum absolute atomic E-state index is 0.0677. The Morgan fingerprint density at radius 3 is 2.76 bits per heavy atom.